The molecule has 1 aromatic rings. The molecule has 0 unspecified atom stereocenters. The summed E-state index contributed by atoms with van der Waals surface area (Å²) in [4.78, 5) is 13.9. The van der Waals surface area contributed by atoms with Crippen LogP contribution in [0.2, 0.25) is 0 Å². The van der Waals surface area contributed by atoms with E-state index in [1.165, 1.54) is 11.1 Å². The fourth-order valence-electron chi connectivity index (χ4n) is 2.28. The van der Waals surface area contributed by atoms with Gasteiger partial charge in [0.2, 0.25) is 0 Å². The molecule has 4 nitrogen and oxygen atoms in total. The van der Waals surface area contributed by atoms with Gasteiger partial charge >= 0.3 is 0 Å². The van der Waals surface area contributed by atoms with Crippen LogP contribution >= 0.6 is 0 Å². The van der Waals surface area contributed by atoms with Crippen LogP contribution in [0.4, 0.5) is 0 Å². The van der Waals surface area contributed by atoms with Gasteiger partial charge in [-0.2, -0.15) is 5.26 Å². The van der Waals surface area contributed by atoms with Gasteiger partial charge in [0.1, 0.15) is 11.6 Å². The van der Waals surface area contributed by atoms with Crippen LogP contribution in [0.5, 0.6) is 0 Å². The average molecular weight is 269 g/mol. The molecule has 104 valence electrons. The van der Waals surface area contributed by atoms with E-state index in [-0.39, 0.29) is 11.5 Å². The lowest BCUT2D eigenvalue weighted by Crippen LogP contribution is -2.30. The zero-order valence-corrected chi connectivity index (χ0v) is 11.7. The number of benzene rings is 1. The van der Waals surface area contributed by atoms with Crippen molar-refractivity contribution in [3.05, 3.63) is 47.2 Å². The fraction of sp³-hybridized carbons (Fsp3) is 0.375. The van der Waals surface area contributed by atoms with E-state index < -0.39 is 0 Å². The van der Waals surface area contributed by atoms with Crippen molar-refractivity contribution in [1.29, 1.82) is 5.26 Å². The van der Waals surface area contributed by atoms with Crippen molar-refractivity contribution in [1.82, 2.24) is 10.2 Å². The summed E-state index contributed by atoms with van der Waals surface area (Å²) in [5.41, 5.74) is 2.80. The Morgan fingerprint density at radius 1 is 1.45 bits per heavy atom. The molecule has 0 aliphatic carbocycles. The molecule has 2 rings (SSSR count). The van der Waals surface area contributed by atoms with E-state index >= 15 is 0 Å². The third-order valence-electron chi connectivity index (χ3n) is 3.37. The summed E-state index contributed by atoms with van der Waals surface area (Å²) in [6.45, 7) is 4.17. The maximum atomic E-state index is 11.8. The molecular formula is C16H19N3O. The third kappa shape index (κ3) is 3.39. The second kappa shape index (κ2) is 6.76. The monoisotopic (exact) mass is 269 g/mol. The van der Waals surface area contributed by atoms with Crippen molar-refractivity contribution < 1.29 is 4.79 Å². The van der Waals surface area contributed by atoms with Crippen molar-refractivity contribution in [2.24, 2.45) is 0 Å². The van der Waals surface area contributed by atoms with Crippen LogP contribution < -0.4 is 5.32 Å². The van der Waals surface area contributed by atoms with Crippen molar-refractivity contribution >= 4 is 5.91 Å². The highest BCUT2D eigenvalue weighted by atomic mass is 16.1. The first kappa shape index (κ1) is 14.1. The van der Waals surface area contributed by atoms with Gasteiger partial charge in [0.05, 0.1) is 0 Å². The molecular weight excluding hydrogens is 250 g/mol. The Morgan fingerprint density at radius 2 is 2.20 bits per heavy atom. The van der Waals surface area contributed by atoms with Crippen LogP contribution in [0, 0.1) is 11.3 Å². The van der Waals surface area contributed by atoms with Crippen LogP contribution in [0.3, 0.4) is 0 Å². The summed E-state index contributed by atoms with van der Waals surface area (Å²) >= 11 is 0. The summed E-state index contributed by atoms with van der Waals surface area (Å²) in [5.74, 6) is -0.284. The molecule has 20 heavy (non-hydrogen) atoms. The lowest BCUT2D eigenvalue weighted by molar-refractivity contribution is -0.117. The second-order valence-electron chi connectivity index (χ2n) is 4.90. The molecule has 1 amide bonds. The summed E-state index contributed by atoms with van der Waals surface area (Å²) in [7, 11) is 0. The van der Waals surface area contributed by atoms with Crippen molar-refractivity contribution in [3.63, 3.8) is 0 Å². The van der Waals surface area contributed by atoms with Gasteiger partial charge in [0, 0.05) is 25.8 Å². The molecule has 1 N–H and O–H groups in total. The van der Waals surface area contributed by atoms with E-state index in [1.54, 1.807) is 6.20 Å². The van der Waals surface area contributed by atoms with Gasteiger partial charge in [0.25, 0.3) is 5.91 Å². The van der Waals surface area contributed by atoms with Crippen molar-refractivity contribution in [2.45, 2.75) is 26.3 Å². The van der Waals surface area contributed by atoms with Gasteiger partial charge in [-0.25, -0.2) is 0 Å². The number of fused-ring (bicyclic) bond motifs is 1. The average Bonchev–Trinajstić information content (AvgIpc) is 2.50. The molecule has 0 saturated carbocycles. The predicted octanol–water partition coefficient (Wildman–Crippen LogP) is 1.98. The Bertz CT molecular complexity index is 557. The van der Waals surface area contributed by atoms with Gasteiger partial charge in [-0.3, -0.25) is 4.79 Å². The maximum Gasteiger partial charge on any atom is 0.263 e. The molecule has 0 aromatic heterocycles. The molecule has 1 heterocycles. The SMILES string of the molecule is CCCNC(=O)/C(C#N)=C\N1CCc2ccccc2C1. The topological polar surface area (TPSA) is 56.1 Å². The minimum absolute atomic E-state index is 0.179. The van der Waals surface area contributed by atoms with Crippen LogP contribution in [0.25, 0.3) is 0 Å². The lowest BCUT2D eigenvalue weighted by Gasteiger charge is -2.27. The molecule has 0 bridgehead atoms. The van der Waals surface area contributed by atoms with Gasteiger partial charge in [-0.1, -0.05) is 31.2 Å². The standard InChI is InChI=1S/C16H19N3O/c1-2-8-18-16(20)15(10-17)12-19-9-7-13-5-3-4-6-14(13)11-19/h3-6,12H,2,7-9,11H2,1H3,(H,18,20)/b15-12-. The summed E-state index contributed by atoms with van der Waals surface area (Å²) in [6.07, 6.45) is 3.49. The summed E-state index contributed by atoms with van der Waals surface area (Å²) in [5, 5.41) is 11.9. The van der Waals surface area contributed by atoms with E-state index in [9.17, 15) is 4.79 Å². The highest BCUT2D eigenvalue weighted by Gasteiger charge is 2.16. The quantitative estimate of drug-likeness (QED) is 0.671. The molecule has 4 heteroatoms. The van der Waals surface area contributed by atoms with E-state index in [4.69, 9.17) is 5.26 Å². The Hall–Kier alpha value is -2.28. The Kier molecular flexibility index (Phi) is 4.78. The van der Waals surface area contributed by atoms with E-state index in [1.807, 2.05) is 30.0 Å². The van der Waals surface area contributed by atoms with Gasteiger partial charge in [0.15, 0.2) is 0 Å². The predicted molar refractivity (Wildman–Crippen MR) is 77.6 cm³/mol. The maximum absolute atomic E-state index is 11.8. The Balaban J connectivity index is 2.07. The van der Waals surface area contributed by atoms with Gasteiger partial charge < -0.3 is 10.2 Å². The zero-order chi connectivity index (χ0) is 14.4. The highest BCUT2D eigenvalue weighted by Crippen LogP contribution is 2.19. The van der Waals surface area contributed by atoms with Crippen LogP contribution in [0.1, 0.15) is 24.5 Å². The minimum Gasteiger partial charge on any atom is -0.371 e. The normalized spacial score (nSPS) is 14.4. The molecule has 1 aliphatic rings. The molecule has 0 saturated heterocycles. The second-order valence-corrected chi connectivity index (χ2v) is 4.90. The molecule has 0 fully saturated rings. The number of carbonyl (C=O) groups is 1. The molecule has 1 aliphatic heterocycles. The van der Waals surface area contributed by atoms with Crippen molar-refractivity contribution in [3.8, 4) is 6.07 Å². The number of rotatable bonds is 4. The number of nitrogens with zero attached hydrogens (tertiary/aromatic N) is 2. The number of carbonyl (C=O) groups excluding carboxylic acids is 1. The van der Waals surface area contributed by atoms with Gasteiger partial charge in [-0.05, 0) is 24.0 Å². The Morgan fingerprint density at radius 3 is 2.90 bits per heavy atom. The fourth-order valence-corrected chi connectivity index (χ4v) is 2.28. The lowest BCUT2D eigenvalue weighted by atomic mass is 10.0. The third-order valence-corrected chi connectivity index (χ3v) is 3.37. The van der Waals surface area contributed by atoms with Crippen LogP contribution in [-0.2, 0) is 17.8 Å². The molecule has 0 radical (unpaired) electrons. The number of amides is 1. The molecule has 0 spiro atoms. The largest absolute Gasteiger partial charge is 0.371 e. The number of nitrogens with one attached hydrogen (secondary N) is 1. The minimum atomic E-state index is -0.284. The first-order chi connectivity index (χ1) is 9.74. The van der Waals surface area contributed by atoms with Gasteiger partial charge in [-0.15, -0.1) is 0 Å². The first-order valence-corrected chi connectivity index (χ1v) is 6.95. The summed E-state index contributed by atoms with van der Waals surface area (Å²) in [6, 6.07) is 10.3. The van der Waals surface area contributed by atoms with Crippen LogP contribution in [0.15, 0.2) is 36.0 Å². The molecule has 1 aromatic carbocycles. The summed E-state index contributed by atoms with van der Waals surface area (Å²) < 4.78 is 0. The van der Waals surface area contributed by atoms with E-state index in [2.05, 4.69) is 17.4 Å². The van der Waals surface area contributed by atoms with Crippen LogP contribution in [-0.4, -0.2) is 23.9 Å². The first-order valence-electron chi connectivity index (χ1n) is 6.95. The molecule has 0 atom stereocenters. The number of hydrogen-bond donors (Lipinski definition) is 1. The zero-order valence-electron chi connectivity index (χ0n) is 11.7. The highest BCUT2D eigenvalue weighted by molar-refractivity contribution is 5.97. The van der Waals surface area contributed by atoms with E-state index in [0.717, 1.165) is 25.9 Å². The smallest absolute Gasteiger partial charge is 0.263 e. The Labute approximate surface area is 119 Å². The van der Waals surface area contributed by atoms with Crippen molar-refractivity contribution in [2.75, 3.05) is 13.1 Å². The van der Waals surface area contributed by atoms with E-state index in [0.29, 0.717) is 6.54 Å². The number of hydrogen-bond acceptors (Lipinski definition) is 3. The number of nitriles is 1.